The third-order valence-corrected chi connectivity index (χ3v) is 4.58. The van der Waals surface area contributed by atoms with Gasteiger partial charge >= 0.3 is 0 Å². The van der Waals surface area contributed by atoms with Gasteiger partial charge < -0.3 is 4.57 Å². The van der Waals surface area contributed by atoms with Gasteiger partial charge in [-0.1, -0.05) is 54.1 Å². The van der Waals surface area contributed by atoms with Crippen molar-refractivity contribution in [2.75, 3.05) is 0 Å². The van der Waals surface area contributed by atoms with Crippen molar-refractivity contribution in [1.29, 1.82) is 0 Å². The van der Waals surface area contributed by atoms with Crippen molar-refractivity contribution in [1.82, 2.24) is 9.55 Å². The van der Waals surface area contributed by atoms with Crippen molar-refractivity contribution in [2.24, 2.45) is 0 Å². The molecule has 0 fully saturated rings. The van der Waals surface area contributed by atoms with E-state index in [0.717, 1.165) is 28.0 Å². The lowest BCUT2D eigenvalue weighted by molar-refractivity contribution is 0.624. The molecule has 0 atom stereocenters. The minimum atomic E-state index is -0.236. The Labute approximate surface area is 156 Å². The first-order valence-corrected chi connectivity index (χ1v) is 8.71. The number of para-hydroxylation sites is 2. The molecular weight excluding hydrogens is 347 g/mol. The minimum absolute atomic E-state index is 0.236. The summed E-state index contributed by atoms with van der Waals surface area (Å²) >= 11 is 6.24. The van der Waals surface area contributed by atoms with Crippen LogP contribution in [0.15, 0.2) is 72.8 Å². The highest BCUT2D eigenvalue weighted by atomic mass is 35.5. The summed E-state index contributed by atoms with van der Waals surface area (Å²) in [6.07, 6.45) is 3.89. The van der Waals surface area contributed by atoms with Crippen LogP contribution in [0.2, 0.25) is 5.02 Å². The van der Waals surface area contributed by atoms with Crippen molar-refractivity contribution in [3.63, 3.8) is 0 Å². The third-order valence-electron chi connectivity index (χ3n) is 4.23. The Balaban J connectivity index is 1.78. The van der Waals surface area contributed by atoms with Crippen molar-refractivity contribution >= 4 is 34.8 Å². The van der Waals surface area contributed by atoms with E-state index in [0.29, 0.717) is 11.6 Å². The lowest BCUT2D eigenvalue weighted by Crippen LogP contribution is -2.02. The molecule has 1 aromatic heterocycles. The third kappa shape index (κ3) is 3.39. The molecule has 0 bridgehead atoms. The predicted molar refractivity (Wildman–Crippen MR) is 106 cm³/mol. The average molecular weight is 363 g/mol. The van der Waals surface area contributed by atoms with E-state index in [4.69, 9.17) is 16.6 Å². The number of rotatable bonds is 4. The molecule has 0 saturated carbocycles. The molecule has 0 unspecified atom stereocenters. The molecule has 4 aromatic rings. The molecule has 0 saturated heterocycles. The molecule has 4 rings (SSSR count). The normalized spacial score (nSPS) is 11.5. The fourth-order valence-corrected chi connectivity index (χ4v) is 3.18. The van der Waals surface area contributed by atoms with Crippen LogP contribution in [-0.2, 0) is 6.54 Å². The Morgan fingerprint density at radius 3 is 2.58 bits per heavy atom. The van der Waals surface area contributed by atoms with Crippen molar-refractivity contribution in [2.45, 2.75) is 6.54 Å². The lowest BCUT2D eigenvalue weighted by Gasteiger charge is -2.08. The van der Waals surface area contributed by atoms with E-state index in [1.54, 1.807) is 12.1 Å². The first-order chi connectivity index (χ1) is 12.7. The highest BCUT2D eigenvalue weighted by Gasteiger charge is 2.09. The monoisotopic (exact) mass is 362 g/mol. The fourth-order valence-electron chi connectivity index (χ4n) is 2.98. The zero-order valence-corrected chi connectivity index (χ0v) is 14.7. The first-order valence-electron chi connectivity index (χ1n) is 8.33. The maximum Gasteiger partial charge on any atom is 0.134 e. The summed E-state index contributed by atoms with van der Waals surface area (Å²) in [5, 5.41) is 0.691. The Morgan fingerprint density at radius 2 is 1.73 bits per heavy atom. The molecule has 0 aliphatic carbocycles. The molecule has 0 amide bonds. The number of imidazole rings is 1. The van der Waals surface area contributed by atoms with Crippen LogP contribution in [0, 0.1) is 5.82 Å². The van der Waals surface area contributed by atoms with Gasteiger partial charge in [0, 0.05) is 11.6 Å². The largest absolute Gasteiger partial charge is 0.320 e. The Hall–Kier alpha value is -2.91. The van der Waals surface area contributed by atoms with Gasteiger partial charge in [0.05, 0.1) is 11.0 Å². The summed E-state index contributed by atoms with van der Waals surface area (Å²) in [7, 11) is 0. The van der Waals surface area contributed by atoms with Gasteiger partial charge in [0.2, 0.25) is 0 Å². The molecule has 1 heterocycles. The zero-order valence-electron chi connectivity index (χ0n) is 13.9. The average Bonchev–Trinajstić information content (AvgIpc) is 2.99. The SMILES string of the molecule is Fc1cccc(Cn2c(C=Cc3ccccc3Cl)nc3ccccc32)c1. The summed E-state index contributed by atoms with van der Waals surface area (Å²) in [6, 6.07) is 22.2. The quantitative estimate of drug-likeness (QED) is 0.432. The van der Waals surface area contributed by atoms with Crippen LogP contribution in [-0.4, -0.2) is 9.55 Å². The van der Waals surface area contributed by atoms with Crippen molar-refractivity contribution in [3.8, 4) is 0 Å². The molecule has 26 heavy (non-hydrogen) atoms. The Bertz CT molecular complexity index is 1100. The van der Waals surface area contributed by atoms with Gasteiger partial charge in [-0.3, -0.25) is 0 Å². The summed E-state index contributed by atoms with van der Waals surface area (Å²) < 4.78 is 15.7. The highest BCUT2D eigenvalue weighted by Crippen LogP contribution is 2.22. The van der Waals surface area contributed by atoms with E-state index in [9.17, 15) is 4.39 Å². The van der Waals surface area contributed by atoms with E-state index >= 15 is 0 Å². The molecule has 0 spiro atoms. The van der Waals surface area contributed by atoms with E-state index in [1.165, 1.54) is 6.07 Å². The number of aromatic nitrogens is 2. The smallest absolute Gasteiger partial charge is 0.134 e. The predicted octanol–water partition coefficient (Wildman–Crippen LogP) is 6.05. The van der Waals surface area contributed by atoms with Gasteiger partial charge in [0.25, 0.3) is 0 Å². The number of hydrogen-bond acceptors (Lipinski definition) is 1. The van der Waals surface area contributed by atoms with Crippen molar-refractivity contribution in [3.05, 3.63) is 101 Å². The number of hydrogen-bond donors (Lipinski definition) is 0. The number of halogens is 2. The molecular formula is C22H16ClFN2. The summed E-state index contributed by atoms with van der Waals surface area (Å²) in [4.78, 5) is 4.72. The van der Waals surface area contributed by atoms with Gasteiger partial charge in [-0.15, -0.1) is 0 Å². The maximum absolute atomic E-state index is 13.6. The van der Waals surface area contributed by atoms with Gasteiger partial charge in [-0.25, -0.2) is 9.37 Å². The molecule has 0 radical (unpaired) electrons. The summed E-state index contributed by atoms with van der Waals surface area (Å²) in [6.45, 7) is 0.542. The summed E-state index contributed by atoms with van der Waals surface area (Å²) in [5.74, 6) is 0.565. The second-order valence-electron chi connectivity index (χ2n) is 6.03. The number of nitrogens with zero attached hydrogens (tertiary/aromatic N) is 2. The van der Waals surface area contributed by atoms with E-state index in [-0.39, 0.29) is 5.82 Å². The molecule has 0 aliphatic rings. The Kier molecular flexibility index (Phi) is 4.55. The van der Waals surface area contributed by atoms with Crippen LogP contribution in [0.1, 0.15) is 17.0 Å². The van der Waals surface area contributed by atoms with Crippen LogP contribution in [0.4, 0.5) is 4.39 Å². The van der Waals surface area contributed by atoms with E-state index in [1.807, 2.05) is 66.7 Å². The van der Waals surface area contributed by atoms with Crippen LogP contribution < -0.4 is 0 Å². The van der Waals surface area contributed by atoms with Crippen LogP contribution in [0.3, 0.4) is 0 Å². The topological polar surface area (TPSA) is 17.8 Å². The second kappa shape index (κ2) is 7.14. The van der Waals surface area contributed by atoms with Crippen LogP contribution in [0.25, 0.3) is 23.2 Å². The molecule has 0 N–H and O–H groups in total. The molecule has 3 aromatic carbocycles. The molecule has 4 heteroatoms. The van der Waals surface area contributed by atoms with Gasteiger partial charge in [-0.2, -0.15) is 0 Å². The number of fused-ring (bicyclic) bond motifs is 1. The molecule has 128 valence electrons. The zero-order chi connectivity index (χ0) is 17.9. The van der Waals surface area contributed by atoms with E-state index < -0.39 is 0 Å². The fraction of sp³-hybridized carbons (Fsp3) is 0.0455. The number of benzene rings is 3. The minimum Gasteiger partial charge on any atom is -0.320 e. The Morgan fingerprint density at radius 1 is 0.923 bits per heavy atom. The lowest BCUT2D eigenvalue weighted by atomic mass is 10.2. The molecule has 2 nitrogen and oxygen atoms in total. The van der Waals surface area contributed by atoms with Gasteiger partial charge in [0.15, 0.2) is 0 Å². The van der Waals surface area contributed by atoms with Gasteiger partial charge in [0.1, 0.15) is 11.6 Å². The van der Waals surface area contributed by atoms with E-state index in [2.05, 4.69) is 4.57 Å². The van der Waals surface area contributed by atoms with Crippen LogP contribution in [0.5, 0.6) is 0 Å². The van der Waals surface area contributed by atoms with Crippen LogP contribution >= 0.6 is 11.6 Å². The maximum atomic E-state index is 13.6. The standard InChI is InChI=1S/C22H16ClFN2/c23-19-9-2-1-7-17(19)12-13-22-25-20-10-3-4-11-21(20)26(22)15-16-6-5-8-18(24)14-16/h1-14H,15H2. The second-order valence-corrected chi connectivity index (χ2v) is 6.44. The van der Waals surface area contributed by atoms with Gasteiger partial charge in [-0.05, 0) is 53.6 Å². The van der Waals surface area contributed by atoms with Crippen molar-refractivity contribution < 1.29 is 4.39 Å². The first kappa shape index (κ1) is 16.6. The highest BCUT2D eigenvalue weighted by molar-refractivity contribution is 6.32. The summed E-state index contributed by atoms with van der Waals surface area (Å²) in [5.41, 5.74) is 3.73. The molecule has 0 aliphatic heterocycles.